The van der Waals surface area contributed by atoms with Gasteiger partial charge in [-0.05, 0) is 123 Å². The number of rotatable bonds is 15. The molecule has 0 bridgehead atoms. The number of nitrogens with zero attached hydrogens (tertiary/aromatic N) is 4. The van der Waals surface area contributed by atoms with Crippen LogP contribution in [0.2, 0.25) is 0 Å². The smallest absolute Gasteiger partial charge is 0.252 e. The SMILES string of the molecule is CC(C)N(C(C)C)C1[C+](P(=O)(c2ccccc2)[C+]2C(N(C(C)C)C(C)C)C2N(C(C)C)C(C)C)C1N(C(C)C)C(C)C. The van der Waals surface area contributed by atoms with Gasteiger partial charge in [-0.25, -0.2) is 4.57 Å². The summed E-state index contributed by atoms with van der Waals surface area (Å²) in [5, 5.41) is 1.02. The maximum Gasteiger partial charge on any atom is 0.445 e. The lowest BCUT2D eigenvalue weighted by Crippen LogP contribution is -2.46. The molecule has 238 valence electrons. The van der Waals surface area contributed by atoms with Gasteiger partial charge in [-0.2, -0.15) is 0 Å². The largest absolute Gasteiger partial charge is 0.445 e. The molecule has 2 aliphatic rings. The Balaban J connectivity index is 2.32. The second-order valence-corrected chi connectivity index (χ2v) is 17.9. The molecule has 1 aromatic carbocycles. The van der Waals surface area contributed by atoms with Gasteiger partial charge in [0.25, 0.3) is 0 Å². The average Bonchev–Trinajstić information content (AvgIpc) is 3.74. The van der Waals surface area contributed by atoms with E-state index < -0.39 is 7.14 Å². The monoisotopic (exact) mass is 600 g/mol. The van der Waals surface area contributed by atoms with E-state index in [1.54, 1.807) is 0 Å². The molecule has 0 heterocycles. The summed E-state index contributed by atoms with van der Waals surface area (Å²) in [6, 6.07) is 14.2. The summed E-state index contributed by atoms with van der Waals surface area (Å²) in [6.45, 7) is 37.0. The fourth-order valence-corrected chi connectivity index (χ4v) is 12.4. The molecule has 0 N–H and O–H groups in total. The molecule has 4 atom stereocenters. The van der Waals surface area contributed by atoms with Crippen molar-refractivity contribution in [2.24, 2.45) is 0 Å². The van der Waals surface area contributed by atoms with Crippen LogP contribution in [0.25, 0.3) is 0 Å². The molecule has 5 nitrogen and oxygen atoms in total. The van der Waals surface area contributed by atoms with Crippen molar-refractivity contribution >= 4 is 12.4 Å². The van der Waals surface area contributed by atoms with Crippen molar-refractivity contribution in [3.05, 3.63) is 41.6 Å². The molecule has 0 spiro atoms. The molecule has 0 amide bonds. The topological polar surface area (TPSA) is 30.0 Å². The summed E-state index contributed by atoms with van der Waals surface area (Å²) in [7, 11) is -3.08. The van der Waals surface area contributed by atoms with Crippen LogP contribution in [0.3, 0.4) is 0 Å². The molecule has 6 heteroatoms. The van der Waals surface area contributed by atoms with Crippen molar-refractivity contribution < 1.29 is 4.57 Å². The molecule has 0 aliphatic heterocycles. The standard InChI is InChI=1S/C36H65N4OP/c1-22(2)37(23(3)4)31-32(38(24(5)6)25(7)8)35(31)42(41,30-20-18-17-19-21-30)36-33(39(26(9)10)27(11)12)34(36)40(28(13)14)29(15)16/h17-29,31-34H,1-16H3/q+2. The molecule has 1 aromatic rings. The van der Waals surface area contributed by atoms with E-state index in [0.717, 1.165) is 5.30 Å². The molecule has 0 radical (unpaired) electrons. The van der Waals surface area contributed by atoms with Crippen molar-refractivity contribution in [1.29, 1.82) is 0 Å². The predicted molar refractivity (Wildman–Crippen MR) is 184 cm³/mol. The van der Waals surface area contributed by atoms with E-state index in [-0.39, 0.29) is 24.2 Å². The second-order valence-electron chi connectivity index (χ2n) is 15.1. The van der Waals surface area contributed by atoms with Crippen molar-refractivity contribution in [1.82, 2.24) is 19.6 Å². The van der Waals surface area contributed by atoms with E-state index in [0.29, 0.717) is 48.3 Å². The maximum atomic E-state index is 16.6. The van der Waals surface area contributed by atoms with Crippen LogP contribution < -0.4 is 5.30 Å². The van der Waals surface area contributed by atoms with Crippen LogP contribution in [0, 0.1) is 11.3 Å². The lowest BCUT2D eigenvalue weighted by molar-refractivity contribution is 0.108. The quantitative estimate of drug-likeness (QED) is 0.152. The minimum Gasteiger partial charge on any atom is -0.252 e. The highest BCUT2D eigenvalue weighted by molar-refractivity contribution is 7.78. The molecule has 0 aromatic heterocycles. The predicted octanol–water partition coefficient (Wildman–Crippen LogP) is 7.72. The zero-order valence-electron chi connectivity index (χ0n) is 30.0. The van der Waals surface area contributed by atoms with E-state index in [1.165, 1.54) is 11.3 Å². The first kappa shape index (κ1) is 35.5. The Hall–Kier alpha value is -0.970. The molecule has 42 heavy (non-hydrogen) atoms. The Bertz CT molecular complexity index is 892. The van der Waals surface area contributed by atoms with Gasteiger partial charge in [0.05, 0.1) is 0 Å². The van der Waals surface area contributed by atoms with Gasteiger partial charge < -0.3 is 0 Å². The van der Waals surface area contributed by atoms with E-state index >= 15 is 4.57 Å². The number of benzene rings is 1. The van der Waals surface area contributed by atoms with Crippen LogP contribution in [0.1, 0.15) is 111 Å². The van der Waals surface area contributed by atoms with Crippen molar-refractivity contribution in [2.45, 2.75) is 183 Å². The lowest BCUT2D eigenvalue weighted by Gasteiger charge is -2.30. The average molecular weight is 601 g/mol. The highest BCUT2D eigenvalue weighted by atomic mass is 31.2. The Kier molecular flexibility index (Phi) is 11.5. The van der Waals surface area contributed by atoms with Crippen LogP contribution in [0.4, 0.5) is 0 Å². The first-order valence-electron chi connectivity index (χ1n) is 16.9. The Morgan fingerprint density at radius 3 is 0.857 bits per heavy atom. The molecule has 2 aliphatic carbocycles. The van der Waals surface area contributed by atoms with Gasteiger partial charge >= 0.3 is 7.14 Å². The lowest BCUT2D eigenvalue weighted by atomic mass is 10.2. The van der Waals surface area contributed by atoms with Gasteiger partial charge in [0.2, 0.25) is 35.5 Å². The molecular weight excluding hydrogens is 535 g/mol. The van der Waals surface area contributed by atoms with Crippen molar-refractivity contribution in [2.75, 3.05) is 0 Å². The van der Waals surface area contributed by atoms with Gasteiger partial charge in [-0.3, -0.25) is 19.6 Å². The number of hydrogen-bond donors (Lipinski definition) is 0. The van der Waals surface area contributed by atoms with E-state index in [2.05, 4.69) is 161 Å². The molecular formula is C36H65N4OP+2. The van der Waals surface area contributed by atoms with Gasteiger partial charge in [-0.15, -0.1) is 0 Å². The molecule has 2 saturated carbocycles. The van der Waals surface area contributed by atoms with Crippen molar-refractivity contribution in [3.63, 3.8) is 0 Å². The van der Waals surface area contributed by atoms with Crippen LogP contribution >= 0.6 is 7.14 Å². The summed E-state index contributed by atoms with van der Waals surface area (Å²) in [4.78, 5) is 10.6. The Morgan fingerprint density at radius 1 is 0.452 bits per heavy atom. The molecule has 3 rings (SSSR count). The van der Waals surface area contributed by atoms with E-state index in [1.807, 2.05) is 0 Å². The summed E-state index contributed by atoms with van der Waals surface area (Å²) in [5.74, 6) is 0. The normalized spacial score (nSPS) is 24.6. The van der Waals surface area contributed by atoms with E-state index in [9.17, 15) is 0 Å². The fraction of sp³-hybridized carbons (Fsp3) is 0.778. The fourth-order valence-electron chi connectivity index (χ4n) is 8.49. The first-order chi connectivity index (χ1) is 19.4. The molecule has 2 fully saturated rings. The minimum atomic E-state index is -3.08. The zero-order chi connectivity index (χ0) is 32.0. The highest BCUT2D eigenvalue weighted by Crippen LogP contribution is 2.81. The van der Waals surface area contributed by atoms with Gasteiger partial charge in [0.1, 0.15) is 5.30 Å². The van der Waals surface area contributed by atoms with Crippen molar-refractivity contribution in [3.8, 4) is 0 Å². The summed E-state index contributed by atoms with van der Waals surface area (Å²) >= 11 is 0. The third kappa shape index (κ3) is 6.52. The zero-order valence-corrected chi connectivity index (χ0v) is 30.9. The van der Waals surface area contributed by atoms with Crippen LogP contribution in [-0.2, 0) is 4.57 Å². The maximum absolute atomic E-state index is 16.6. The Morgan fingerprint density at radius 2 is 0.667 bits per heavy atom. The van der Waals surface area contributed by atoms with Crippen LogP contribution in [0.5, 0.6) is 0 Å². The highest BCUT2D eigenvalue weighted by Gasteiger charge is 2.93. The van der Waals surface area contributed by atoms with Gasteiger partial charge in [0, 0.05) is 48.3 Å². The second kappa shape index (κ2) is 13.6. The molecule has 4 unspecified atom stereocenters. The Labute approximate surface area is 261 Å². The molecule has 0 saturated heterocycles. The third-order valence-corrected chi connectivity index (χ3v) is 13.0. The van der Waals surface area contributed by atoms with E-state index in [4.69, 9.17) is 0 Å². The summed E-state index contributed by atoms with van der Waals surface area (Å²) < 4.78 is 16.6. The summed E-state index contributed by atoms with van der Waals surface area (Å²) in [5.41, 5.74) is 2.56. The summed E-state index contributed by atoms with van der Waals surface area (Å²) in [6.07, 6.45) is 0. The van der Waals surface area contributed by atoms with Crippen LogP contribution in [0.15, 0.2) is 30.3 Å². The van der Waals surface area contributed by atoms with Gasteiger partial charge in [-0.1, -0.05) is 18.2 Å². The van der Waals surface area contributed by atoms with Gasteiger partial charge in [0.15, 0.2) is 0 Å². The third-order valence-electron chi connectivity index (χ3n) is 9.49. The van der Waals surface area contributed by atoms with Crippen LogP contribution in [-0.4, -0.2) is 92.1 Å². The first-order valence-corrected chi connectivity index (χ1v) is 18.6. The minimum absolute atomic E-state index is 0.174. The number of hydrogen-bond acceptors (Lipinski definition) is 5.